The molecule has 2 amide bonds. The average molecular weight is 231 g/mol. The van der Waals surface area contributed by atoms with Crippen molar-refractivity contribution >= 4 is 11.7 Å². The lowest BCUT2D eigenvalue weighted by atomic mass is 10.1. The van der Waals surface area contributed by atoms with Crippen molar-refractivity contribution in [3.8, 4) is 0 Å². The minimum absolute atomic E-state index is 0.122. The van der Waals surface area contributed by atoms with Crippen molar-refractivity contribution < 1.29 is 4.79 Å². The predicted molar refractivity (Wildman–Crippen MR) is 68.4 cm³/mol. The zero-order valence-electron chi connectivity index (χ0n) is 9.94. The minimum atomic E-state index is -0.402. The second-order valence-corrected chi connectivity index (χ2v) is 4.37. The Balaban J connectivity index is 2.12. The molecule has 1 aromatic rings. The van der Waals surface area contributed by atoms with Gasteiger partial charge in [0.2, 0.25) is 0 Å². The van der Waals surface area contributed by atoms with Gasteiger partial charge in [-0.15, -0.1) is 6.58 Å². The van der Waals surface area contributed by atoms with Crippen molar-refractivity contribution in [1.82, 2.24) is 10.7 Å². The molecule has 17 heavy (non-hydrogen) atoms. The van der Waals surface area contributed by atoms with Crippen LogP contribution in [0.4, 0.5) is 10.5 Å². The first-order valence-corrected chi connectivity index (χ1v) is 5.71. The molecular formula is C13H17N3O. The van der Waals surface area contributed by atoms with Gasteiger partial charge < -0.3 is 5.32 Å². The number of hydrazine groups is 1. The highest BCUT2D eigenvalue weighted by molar-refractivity contribution is 5.93. The van der Waals surface area contributed by atoms with Gasteiger partial charge in [0.1, 0.15) is 5.66 Å². The Labute approximate surface area is 101 Å². The van der Waals surface area contributed by atoms with Crippen LogP contribution in [-0.2, 0) is 0 Å². The quantitative estimate of drug-likeness (QED) is 0.781. The molecule has 2 rings (SSSR count). The van der Waals surface area contributed by atoms with Crippen molar-refractivity contribution in [2.24, 2.45) is 0 Å². The molecule has 1 saturated heterocycles. The molecule has 1 aliphatic heterocycles. The minimum Gasteiger partial charge on any atom is -0.317 e. The first-order valence-electron chi connectivity index (χ1n) is 5.71. The van der Waals surface area contributed by atoms with E-state index in [1.54, 1.807) is 5.01 Å². The Morgan fingerprint density at radius 2 is 2.12 bits per heavy atom. The Morgan fingerprint density at radius 3 is 2.76 bits per heavy atom. The fourth-order valence-electron chi connectivity index (χ4n) is 1.89. The number of carbonyl (C=O) groups excluding carboxylic acids is 1. The Morgan fingerprint density at radius 1 is 1.41 bits per heavy atom. The summed E-state index contributed by atoms with van der Waals surface area (Å²) in [6.07, 6.45) is 3.52. The summed E-state index contributed by atoms with van der Waals surface area (Å²) in [5.41, 5.74) is 3.63. The molecule has 0 spiro atoms. The topological polar surface area (TPSA) is 44.4 Å². The summed E-state index contributed by atoms with van der Waals surface area (Å²) in [4.78, 5) is 11.9. The van der Waals surface area contributed by atoms with Gasteiger partial charge >= 0.3 is 6.03 Å². The third kappa shape index (κ3) is 2.47. The molecule has 0 radical (unpaired) electrons. The van der Waals surface area contributed by atoms with Crippen LogP contribution < -0.4 is 15.8 Å². The van der Waals surface area contributed by atoms with Crippen LogP contribution in [0.15, 0.2) is 43.0 Å². The van der Waals surface area contributed by atoms with E-state index in [1.165, 1.54) is 0 Å². The number of benzene rings is 1. The zero-order chi connectivity index (χ0) is 12.3. The smallest absolute Gasteiger partial charge is 0.317 e. The number of nitrogens with zero attached hydrogens (tertiary/aromatic N) is 1. The van der Waals surface area contributed by atoms with Crippen LogP contribution in [-0.4, -0.2) is 11.7 Å². The standard InChI is InChI=1S/C13H17N3O/c1-3-4-10-13(2)14-12(17)16(15-13)11-8-6-5-7-9-11/h3,5-9,15H,1,4,10H2,2H3,(H,14,17)/t13-/m0/s1. The lowest BCUT2D eigenvalue weighted by Crippen LogP contribution is -2.48. The normalized spacial score (nSPS) is 23.6. The van der Waals surface area contributed by atoms with Crippen LogP contribution in [0.5, 0.6) is 0 Å². The lowest BCUT2D eigenvalue weighted by Gasteiger charge is -2.24. The fourth-order valence-corrected chi connectivity index (χ4v) is 1.89. The van der Waals surface area contributed by atoms with Gasteiger partial charge in [0.25, 0.3) is 0 Å². The summed E-state index contributed by atoms with van der Waals surface area (Å²) in [6, 6.07) is 9.40. The number of para-hydroxylation sites is 1. The molecule has 1 aromatic carbocycles. The first-order chi connectivity index (χ1) is 8.14. The molecule has 1 fully saturated rings. The van der Waals surface area contributed by atoms with Crippen molar-refractivity contribution in [3.63, 3.8) is 0 Å². The third-order valence-electron chi connectivity index (χ3n) is 2.81. The van der Waals surface area contributed by atoms with Gasteiger partial charge in [-0.25, -0.2) is 15.2 Å². The fraction of sp³-hybridized carbons (Fsp3) is 0.308. The summed E-state index contributed by atoms with van der Waals surface area (Å²) in [6.45, 7) is 5.66. The molecule has 4 heteroatoms. The van der Waals surface area contributed by atoms with Crippen LogP contribution in [0.3, 0.4) is 0 Å². The van der Waals surface area contributed by atoms with E-state index in [1.807, 2.05) is 43.3 Å². The van der Waals surface area contributed by atoms with Crippen LogP contribution in [0.1, 0.15) is 19.8 Å². The van der Waals surface area contributed by atoms with Crippen LogP contribution in [0, 0.1) is 0 Å². The molecule has 2 N–H and O–H groups in total. The summed E-state index contributed by atoms with van der Waals surface area (Å²) >= 11 is 0. The SMILES string of the molecule is C=CCC[C@@]1(C)NC(=O)N(c2ccccc2)N1. The van der Waals surface area contributed by atoms with E-state index >= 15 is 0 Å². The number of hydrogen-bond donors (Lipinski definition) is 2. The Hall–Kier alpha value is -1.81. The maximum absolute atomic E-state index is 11.9. The van der Waals surface area contributed by atoms with Crippen molar-refractivity contribution in [2.45, 2.75) is 25.4 Å². The van der Waals surface area contributed by atoms with E-state index in [9.17, 15) is 4.79 Å². The number of anilines is 1. The van der Waals surface area contributed by atoms with Gasteiger partial charge in [0.05, 0.1) is 5.69 Å². The van der Waals surface area contributed by atoms with E-state index in [0.717, 1.165) is 18.5 Å². The lowest BCUT2D eigenvalue weighted by molar-refractivity contribution is 0.246. The van der Waals surface area contributed by atoms with Crippen molar-refractivity contribution in [1.29, 1.82) is 0 Å². The highest BCUT2D eigenvalue weighted by atomic mass is 16.2. The number of carbonyl (C=O) groups is 1. The number of nitrogens with one attached hydrogen (secondary N) is 2. The average Bonchev–Trinajstić information content (AvgIpc) is 2.64. The van der Waals surface area contributed by atoms with Gasteiger partial charge in [-0.1, -0.05) is 24.3 Å². The van der Waals surface area contributed by atoms with E-state index in [4.69, 9.17) is 0 Å². The zero-order valence-corrected chi connectivity index (χ0v) is 9.94. The summed E-state index contributed by atoms with van der Waals surface area (Å²) in [5.74, 6) is 0. The van der Waals surface area contributed by atoms with Crippen molar-refractivity contribution in [2.75, 3.05) is 5.01 Å². The first kappa shape index (κ1) is 11.7. The van der Waals surface area contributed by atoms with Gasteiger partial charge in [0.15, 0.2) is 0 Å². The monoisotopic (exact) mass is 231 g/mol. The predicted octanol–water partition coefficient (Wildman–Crippen LogP) is 2.40. The van der Waals surface area contributed by atoms with E-state index in [0.29, 0.717) is 0 Å². The van der Waals surface area contributed by atoms with E-state index in [-0.39, 0.29) is 6.03 Å². The molecule has 1 aliphatic rings. The number of hydrogen-bond acceptors (Lipinski definition) is 2. The van der Waals surface area contributed by atoms with Crippen LogP contribution >= 0.6 is 0 Å². The molecule has 0 saturated carbocycles. The molecule has 0 bridgehead atoms. The van der Waals surface area contributed by atoms with Gasteiger partial charge in [-0.2, -0.15) is 0 Å². The summed E-state index contributed by atoms with van der Waals surface area (Å²) in [7, 11) is 0. The molecular weight excluding hydrogens is 214 g/mol. The second kappa shape index (κ2) is 4.59. The van der Waals surface area contributed by atoms with Crippen LogP contribution in [0.2, 0.25) is 0 Å². The van der Waals surface area contributed by atoms with Crippen molar-refractivity contribution in [3.05, 3.63) is 43.0 Å². The molecule has 1 heterocycles. The van der Waals surface area contributed by atoms with E-state index < -0.39 is 5.66 Å². The Bertz CT molecular complexity index is 418. The van der Waals surface area contributed by atoms with Crippen LogP contribution in [0.25, 0.3) is 0 Å². The largest absolute Gasteiger partial charge is 0.338 e. The third-order valence-corrected chi connectivity index (χ3v) is 2.81. The Kier molecular flexibility index (Phi) is 3.15. The number of amides is 2. The second-order valence-electron chi connectivity index (χ2n) is 4.37. The van der Waals surface area contributed by atoms with E-state index in [2.05, 4.69) is 17.3 Å². The highest BCUT2D eigenvalue weighted by Crippen LogP contribution is 2.21. The molecule has 90 valence electrons. The molecule has 4 nitrogen and oxygen atoms in total. The maximum atomic E-state index is 11.9. The number of allylic oxidation sites excluding steroid dienone is 1. The summed E-state index contributed by atoms with van der Waals surface area (Å²) in [5, 5.41) is 4.49. The number of rotatable bonds is 4. The summed E-state index contributed by atoms with van der Waals surface area (Å²) < 4.78 is 0. The molecule has 0 aliphatic carbocycles. The number of urea groups is 1. The van der Waals surface area contributed by atoms with Gasteiger partial charge in [-0.05, 0) is 31.9 Å². The molecule has 1 atom stereocenters. The maximum Gasteiger partial charge on any atom is 0.338 e. The van der Waals surface area contributed by atoms with Gasteiger partial charge in [0, 0.05) is 0 Å². The molecule has 0 unspecified atom stereocenters. The van der Waals surface area contributed by atoms with Gasteiger partial charge in [-0.3, -0.25) is 0 Å². The highest BCUT2D eigenvalue weighted by Gasteiger charge is 2.38. The molecule has 0 aromatic heterocycles.